The molecule has 18 heavy (non-hydrogen) atoms. The third-order valence-electron chi connectivity index (χ3n) is 2.61. The van der Waals surface area contributed by atoms with Crippen LogP contribution < -0.4 is 5.56 Å². The molecule has 0 amide bonds. The van der Waals surface area contributed by atoms with E-state index in [-0.39, 0.29) is 23.8 Å². The molecule has 0 atom stereocenters. The Bertz CT molecular complexity index is 679. The number of carboxylic acid groups (broad SMARTS) is 1. The summed E-state index contributed by atoms with van der Waals surface area (Å²) in [6.45, 7) is 1.89. The lowest BCUT2D eigenvalue weighted by atomic mass is 10.2. The number of aliphatic carboxylic acids is 1. The minimum absolute atomic E-state index is 0.0117. The molecule has 0 unspecified atom stereocenters. The highest BCUT2D eigenvalue weighted by Crippen LogP contribution is 2.13. The number of hydrogen-bond donors (Lipinski definition) is 1. The number of rotatable bonds is 3. The molecule has 2 rings (SSSR count). The molecule has 0 spiro atoms. The van der Waals surface area contributed by atoms with Gasteiger partial charge in [-0.2, -0.15) is 0 Å². The number of carboxylic acids is 1. The molecule has 94 valence electrons. The summed E-state index contributed by atoms with van der Waals surface area (Å²) in [6, 6.07) is 5.28. The highest BCUT2D eigenvalue weighted by Gasteiger charge is 2.10. The van der Waals surface area contributed by atoms with Crippen LogP contribution >= 0.6 is 11.6 Å². The average Bonchev–Trinajstić information content (AvgIpc) is 2.30. The Hall–Kier alpha value is -1.88. The summed E-state index contributed by atoms with van der Waals surface area (Å²) in [7, 11) is 0. The fourth-order valence-electron chi connectivity index (χ4n) is 1.71. The van der Waals surface area contributed by atoms with E-state index in [1.165, 1.54) is 4.57 Å². The molecule has 1 heterocycles. The minimum Gasteiger partial charge on any atom is -0.481 e. The molecule has 2 aromatic rings. The molecule has 0 saturated heterocycles. The molecule has 0 aliphatic heterocycles. The van der Waals surface area contributed by atoms with E-state index < -0.39 is 5.97 Å². The average molecular weight is 267 g/mol. The fraction of sp³-hybridized carbons (Fsp3) is 0.250. The smallest absolute Gasteiger partial charge is 0.305 e. The quantitative estimate of drug-likeness (QED) is 0.861. The minimum atomic E-state index is -0.984. The standard InChI is InChI=1S/C12H11ClN2O3/c1-7-2-3-9-8(6-7)11(18)15(12(13)14-9)5-4-10(16)17/h2-3,6H,4-5H2,1H3,(H,16,17). The van der Waals surface area contributed by atoms with E-state index in [0.717, 1.165) is 5.56 Å². The highest BCUT2D eigenvalue weighted by molar-refractivity contribution is 6.28. The molecule has 1 N–H and O–H groups in total. The van der Waals surface area contributed by atoms with Crippen molar-refractivity contribution in [1.82, 2.24) is 9.55 Å². The van der Waals surface area contributed by atoms with Crippen LogP contribution in [0.5, 0.6) is 0 Å². The first-order valence-electron chi connectivity index (χ1n) is 5.37. The second kappa shape index (κ2) is 4.78. The van der Waals surface area contributed by atoms with Crippen molar-refractivity contribution in [3.05, 3.63) is 39.4 Å². The van der Waals surface area contributed by atoms with E-state index in [4.69, 9.17) is 16.7 Å². The number of nitrogens with zero attached hydrogens (tertiary/aromatic N) is 2. The lowest BCUT2D eigenvalue weighted by Crippen LogP contribution is -2.23. The van der Waals surface area contributed by atoms with E-state index in [9.17, 15) is 9.59 Å². The van der Waals surface area contributed by atoms with Gasteiger partial charge in [-0.25, -0.2) is 4.98 Å². The van der Waals surface area contributed by atoms with Gasteiger partial charge in [0.25, 0.3) is 5.56 Å². The van der Waals surface area contributed by atoms with Gasteiger partial charge in [0, 0.05) is 6.54 Å². The number of hydrogen-bond acceptors (Lipinski definition) is 3. The van der Waals surface area contributed by atoms with Crippen LogP contribution in [0, 0.1) is 6.92 Å². The molecule has 0 radical (unpaired) electrons. The van der Waals surface area contributed by atoms with E-state index in [1.807, 2.05) is 13.0 Å². The monoisotopic (exact) mass is 266 g/mol. The zero-order valence-electron chi connectivity index (χ0n) is 9.68. The van der Waals surface area contributed by atoms with Gasteiger partial charge in [0.15, 0.2) is 0 Å². The van der Waals surface area contributed by atoms with Gasteiger partial charge < -0.3 is 5.11 Å². The lowest BCUT2D eigenvalue weighted by molar-refractivity contribution is -0.137. The predicted octanol–water partition coefficient (Wildman–Crippen LogP) is 1.83. The topological polar surface area (TPSA) is 72.2 Å². The van der Waals surface area contributed by atoms with Crippen LogP contribution in [-0.4, -0.2) is 20.6 Å². The maximum atomic E-state index is 12.2. The van der Waals surface area contributed by atoms with Gasteiger partial charge in [0.1, 0.15) is 0 Å². The molecule has 5 nitrogen and oxygen atoms in total. The predicted molar refractivity (Wildman–Crippen MR) is 68.0 cm³/mol. The van der Waals surface area contributed by atoms with Crippen LogP contribution in [0.15, 0.2) is 23.0 Å². The second-order valence-electron chi connectivity index (χ2n) is 4.00. The zero-order valence-corrected chi connectivity index (χ0v) is 10.4. The number of halogens is 1. The van der Waals surface area contributed by atoms with Gasteiger partial charge >= 0.3 is 5.97 Å². The molecule has 0 aliphatic carbocycles. The summed E-state index contributed by atoms with van der Waals surface area (Å²) >= 11 is 5.89. The Morgan fingerprint density at radius 2 is 2.22 bits per heavy atom. The Kier molecular flexibility index (Phi) is 3.34. The third kappa shape index (κ3) is 2.36. The van der Waals surface area contributed by atoms with Crippen LogP contribution in [0.3, 0.4) is 0 Å². The van der Waals surface area contributed by atoms with Crippen molar-refractivity contribution in [3.8, 4) is 0 Å². The van der Waals surface area contributed by atoms with Crippen LogP contribution in [0.2, 0.25) is 5.28 Å². The molecule has 0 bridgehead atoms. The van der Waals surface area contributed by atoms with Crippen molar-refractivity contribution in [2.45, 2.75) is 19.9 Å². The van der Waals surface area contributed by atoms with Crippen molar-refractivity contribution in [1.29, 1.82) is 0 Å². The molecule has 6 heteroatoms. The Morgan fingerprint density at radius 3 is 2.89 bits per heavy atom. The summed E-state index contributed by atoms with van der Waals surface area (Å²) < 4.78 is 1.18. The number of fused-ring (bicyclic) bond motifs is 1. The van der Waals surface area contributed by atoms with Gasteiger partial charge in [-0.3, -0.25) is 14.2 Å². The van der Waals surface area contributed by atoms with E-state index >= 15 is 0 Å². The highest BCUT2D eigenvalue weighted by atomic mass is 35.5. The molecule has 1 aromatic heterocycles. The van der Waals surface area contributed by atoms with E-state index in [2.05, 4.69) is 4.98 Å². The SMILES string of the molecule is Cc1ccc2nc(Cl)n(CCC(=O)O)c(=O)c2c1. The lowest BCUT2D eigenvalue weighted by Gasteiger charge is -2.08. The summed E-state index contributed by atoms with van der Waals surface area (Å²) in [5, 5.41) is 9.10. The maximum Gasteiger partial charge on any atom is 0.305 e. The maximum absolute atomic E-state index is 12.2. The van der Waals surface area contributed by atoms with Crippen LogP contribution in [-0.2, 0) is 11.3 Å². The van der Waals surface area contributed by atoms with Gasteiger partial charge in [0.2, 0.25) is 5.28 Å². The first kappa shape index (κ1) is 12.6. The van der Waals surface area contributed by atoms with Gasteiger partial charge in [-0.1, -0.05) is 11.6 Å². The summed E-state index contributed by atoms with van der Waals surface area (Å²) in [5.41, 5.74) is 1.14. The van der Waals surface area contributed by atoms with Crippen molar-refractivity contribution in [2.24, 2.45) is 0 Å². The largest absolute Gasteiger partial charge is 0.481 e. The van der Waals surface area contributed by atoms with Gasteiger partial charge in [-0.15, -0.1) is 0 Å². The number of aromatic nitrogens is 2. The van der Waals surface area contributed by atoms with Crippen LogP contribution in [0.4, 0.5) is 0 Å². The second-order valence-corrected chi connectivity index (χ2v) is 4.34. The fourth-order valence-corrected chi connectivity index (χ4v) is 1.96. The summed E-state index contributed by atoms with van der Waals surface area (Å²) in [4.78, 5) is 26.8. The first-order chi connectivity index (χ1) is 8.49. The normalized spacial score (nSPS) is 10.8. The van der Waals surface area contributed by atoms with E-state index in [0.29, 0.717) is 10.9 Å². The molecule has 1 aromatic carbocycles. The van der Waals surface area contributed by atoms with Gasteiger partial charge in [0.05, 0.1) is 17.3 Å². The molecule has 0 aliphatic rings. The number of carbonyl (C=O) groups is 1. The Balaban J connectivity index is 2.60. The molecular weight excluding hydrogens is 256 g/mol. The van der Waals surface area contributed by atoms with Crippen molar-refractivity contribution < 1.29 is 9.90 Å². The van der Waals surface area contributed by atoms with Gasteiger partial charge in [-0.05, 0) is 30.7 Å². The Morgan fingerprint density at radius 1 is 1.50 bits per heavy atom. The van der Waals surface area contributed by atoms with Crippen molar-refractivity contribution in [3.63, 3.8) is 0 Å². The van der Waals surface area contributed by atoms with Crippen LogP contribution in [0.25, 0.3) is 10.9 Å². The summed E-state index contributed by atoms with van der Waals surface area (Å²) in [6.07, 6.45) is -0.168. The first-order valence-corrected chi connectivity index (χ1v) is 5.75. The molecule has 0 fully saturated rings. The third-order valence-corrected chi connectivity index (χ3v) is 2.90. The molecule has 0 saturated carbocycles. The number of benzene rings is 1. The zero-order chi connectivity index (χ0) is 13.3. The number of aryl methyl sites for hydroxylation is 1. The Labute approximate surface area is 108 Å². The van der Waals surface area contributed by atoms with Crippen LogP contribution in [0.1, 0.15) is 12.0 Å². The van der Waals surface area contributed by atoms with Crippen molar-refractivity contribution >= 4 is 28.5 Å². The van der Waals surface area contributed by atoms with Crippen molar-refractivity contribution in [2.75, 3.05) is 0 Å². The molecular formula is C12H11ClN2O3. The summed E-state index contributed by atoms with van der Waals surface area (Å²) in [5.74, 6) is -0.984. The van der Waals surface area contributed by atoms with E-state index in [1.54, 1.807) is 12.1 Å².